The van der Waals surface area contributed by atoms with Crippen LogP contribution in [-0.4, -0.2) is 0 Å². The van der Waals surface area contributed by atoms with Crippen LogP contribution in [0, 0.1) is 0 Å². The van der Waals surface area contributed by atoms with Crippen LogP contribution in [0.5, 0.6) is 0 Å². The Morgan fingerprint density at radius 2 is 1.62 bits per heavy atom. The third-order valence-corrected chi connectivity index (χ3v) is 3.67. The molecule has 0 bridgehead atoms. The third kappa shape index (κ3) is 3.44. The fourth-order valence-electron chi connectivity index (χ4n) is 1.30. The van der Waals surface area contributed by atoms with Crippen LogP contribution >= 0.6 is 35.0 Å². The summed E-state index contributed by atoms with van der Waals surface area (Å²) in [7, 11) is 0. The Bertz CT molecular complexity index is 466. The Kier molecular flexibility index (Phi) is 4.16. The molecule has 0 spiro atoms. The number of hydrogen-bond acceptors (Lipinski definition) is 1. The van der Waals surface area contributed by atoms with Crippen molar-refractivity contribution in [1.29, 1.82) is 0 Å². The van der Waals surface area contributed by atoms with Crippen molar-refractivity contribution >= 4 is 35.0 Å². The van der Waals surface area contributed by atoms with Crippen LogP contribution in [-0.2, 0) is 5.75 Å². The molecule has 16 heavy (non-hydrogen) atoms. The summed E-state index contributed by atoms with van der Waals surface area (Å²) in [6.07, 6.45) is 0. The minimum absolute atomic E-state index is 0.775. The smallest absolute Gasteiger partial charge is 0.0417 e. The molecule has 2 rings (SSSR count). The summed E-state index contributed by atoms with van der Waals surface area (Å²) < 4.78 is 0. The van der Waals surface area contributed by atoms with Gasteiger partial charge in [0, 0.05) is 20.7 Å². The van der Waals surface area contributed by atoms with Crippen LogP contribution in [0.25, 0.3) is 0 Å². The first-order valence-corrected chi connectivity index (χ1v) is 6.61. The highest BCUT2D eigenvalue weighted by atomic mass is 35.5. The number of hydrogen-bond donors (Lipinski definition) is 0. The van der Waals surface area contributed by atoms with E-state index in [2.05, 4.69) is 6.07 Å². The van der Waals surface area contributed by atoms with Crippen molar-refractivity contribution in [2.75, 3.05) is 0 Å². The molecule has 0 fully saturated rings. The summed E-state index contributed by atoms with van der Waals surface area (Å²) in [6.45, 7) is 0. The lowest BCUT2D eigenvalue weighted by molar-refractivity contribution is 1.38. The van der Waals surface area contributed by atoms with Crippen LogP contribution in [0.1, 0.15) is 5.56 Å². The highest BCUT2D eigenvalue weighted by molar-refractivity contribution is 7.98. The third-order valence-electron chi connectivity index (χ3n) is 2.11. The summed E-state index contributed by atoms with van der Waals surface area (Å²) in [5.74, 6) is 0.928. The predicted molar refractivity (Wildman–Crippen MR) is 72.5 cm³/mol. The van der Waals surface area contributed by atoms with Crippen LogP contribution in [0.15, 0.2) is 53.4 Å². The van der Waals surface area contributed by atoms with Crippen molar-refractivity contribution in [1.82, 2.24) is 0 Å². The molecule has 0 heterocycles. The molecule has 0 aromatic heterocycles. The maximum Gasteiger partial charge on any atom is 0.0417 e. The van der Waals surface area contributed by atoms with Crippen molar-refractivity contribution in [2.24, 2.45) is 0 Å². The van der Waals surface area contributed by atoms with Gasteiger partial charge in [-0.25, -0.2) is 0 Å². The largest absolute Gasteiger partial charge is 0.121 e. The lowest BCUT2D eigenvalue weighted by atomic mass is 10.2. The maximum atomic E-state index is 5.92. The number of benzene rings is 2. The minimum Gasteiger partial charge on any atom is -0.121 e. The Hall–Kier alpha value is -0.630. The van der Waals surface area contributed by atoms with Gasteiger partial charge >= 0.3 is 0 Å². The van der Waals surface area contributed by atoms with E-state index < -0.39 is 0 Å². The average Bonchev–Trinajstić information content (AvgIpc) is 2.28. The quantitative estimate of drug-likeness (QED) is 0.682. The normalized spacial score (nSPS) is 10.4. The molecule has 0 atom stereocenters. The molecule has 82 valence electrons. The Morgan fingerprint density at radius 3 is 2.31 bits per heavy atom. The maximum absolute atomic E-state index is 5.92. The van der Waals surface area contributed by atoms with Crippen LogP contribution in [0.3, 0.4) is 0 Å². The molecule has 0 saturated heterocycles. The Morgan fingerprint density at radius 1 is 0.875 bits per heavy atom. The first kappa shape index (κ1) is 11.8. The second kappa shape index (κ2) is 5.62. The summed E-state index contributed by atoms with van der Waals surface area (Å²) in [5.41, 5.74) is 1.26. The van der Waals surface area contributed by atoms with Gasteiger partial charge < -0.3 is 0 Å². The van der Waals surface area contributed by atoms with E-state index in [0.717, 1.165) is 15.8 Å². The molecule has 0 unspecified atom stereocenters. The van der Waals surface area contributed by atoms with E-state index in [9.17, 15) is 0 Å². The van der Waals surface area contributed by atoms with Gasteiger partial charge in [0.2, 0.25) is 0 Å². The standard InChI is InChI=1S/C13H10Cl2S/c14-11-6-4-10(5-7-11)9-16-13-3-1-2-12(15)8-13/h1-8H,9H2. The van der Waals surface area contributed by atoms with E-state index in [0.29, 0.717) is 0 Å². The highest BCUT2D eigenvalue weighted by Gasteiger charge is 1.97. The summed E-state index contributed by atoms with van der Waals surface area (Å²) in [5, 5.41) is 1.55. The molecule has 0 aliphatic carbocycles. The van der Waals surface area contributed by atoms with Gasteiger partial charge in [-0.05, 0) is 35.9 Å². The summed E-state index contributed by atoms with van der Waals surface area (Å²) in [6, 6.07) is 15.8. The monoisotopic (exact) mass is 268 g/mol. The molecule has 0 amide bonds. The molecule has 0 aliphatic rings. The Labute approximate surface area is 110 Å². The van der Waals surface area contributed by atoms with Crippen LogP contribution < -0.4 is 0 Å². The zero-order valence-electron chi connectivity index (χ0n) is 8.49. The van der Waals surface area contributed by atoms with E-state index >= 15 is 0 Å². The minimum atomic E-state index is 0.775. The van der Waals surface area contributed by atoms with Gasteiger partial charge in [-0.2, -0.15) is 0 Å². The lowest BCUT2D eigenvalue weighted by Gasteiger charge is -2.02. The fraction of sp³-hybridized carbons (Fsp3) is 0.0769. The first-order valence-electron chi connectivity index (χ1n) is 4.87. The number of thioether (sulfide) groups is 1. The van der Waals surface area contributed by atoms with Crippen LogP contribution in [0.2, 0.25) is 10.0 Å². The van der Waals surface area contributed by atoms with E-state index in [1.807, 2.05) is 42.5 Å². The number of rotatable bonds is 3. The van der Waals surface area contributed by atoms with E-state index in [4.69, 9.17) is 23.2 Å². The molecule has 2 aromatic carbocycles. The van der Waals surface area contributed by atoms with Gasteiger partial charge in [-0.15, -0.1) is 11.8 Å². The molecule has 0 radical (unpaired) electrons. The van der Waals surface area contributed by atoms with Gasteiger partial charge in [0.05, 0.1) is 0 Å². The second-order valence-electron chi connectivity index (χ2n) is 3.37. The van der Waals surface area contributed by atoms with Crippen molar-refractivity contribution in [3.8, 4) is 0 Å². The second-order valence-corrected chi connectivity index (χ2v) is 5.29. The van der Waals surface area contributed by atoms with Gasteiger partial charge in [0.25, 0.3) is 0 Å². The zero-order chi connectivity index (χ0) is 11.4. The summed E-state index contributed by atoms with van der Waals surface area (Å²) in [4.78, 5) is 1.18. The highest BCUT2D eigenvalue weighted by Crippen LogP contribution is 2.25. The molecule has 0 nitrogen and oxygen atoms in total. The molecule has 3 heteroatoms. The van der Waals surface area contributed by atoms with E-state index in [1.54, 1.807) is 11.8 Å². The van der Waals surface area contributed by atoms with Crippen molar-refractivity contribution < 1.29 is 0 Å². The molecule has 0 N–H and O–H groups in total. The van der Waals surface area contributed by atoms with Gasteiger partial charge in [0.1, 0.15) is 0 Å². The van der Waals surface area contributed by atoms with Crippen molar-refractivity contribution in [3.63, 3.8) is 0 Å². The van der Waals surface area contributed by atoms with Gasteiger partial charge in [-0.3, -0.25) is 0 Å². The molecular weight excluding hydrogens is 259 g/mol. The topological polar surface area (TPSA) is 0 Å². The molecule has 0 saturated carbocycles. The molecular formula is C13H10Cl2S. The zero-order valence-corrected chi connectivity index (χ0v) is 10.8. The van der Waals surface area contributed by atoms with Gasteiger partial charge in [0.15, 0.2) is 0 Å². The van der Waals surface area contributed by atoms with Crippen molar-refractivity contribution in [3.05, 3.63) is 64.1 Å². The SMILES string of the molecule is Clc1ccc(CSc2cccc(Cl)c2)cc1. The lowest BCUT2D eigenvalue weighted by Crippen LogP contribution is -1.79. The fourth-order valence-corrected chi connectivity index (χ4v) is 2.60. The molecule has 0 aliphatic heterocycles. The number of halogens is 2. The van der Waals surface area contributed by atoms with Crippen molar-refractivity contribution in [2.45, 2.75) is 10.6 Å². The van der Waals surface area contributed by atoms with Gasteiger partial charge in [-0.1, -0.05) is 41.4 Å². The van der Waals surface area contributed by atoms with E-state index in [-0.39, 0.29) is 0 Å². The predicted octanol–water partition coefficient (Wildman–Crippen LogP) is 5.29. The van der Waals surface area contributed by atoms with E-state index in [1.165, 1.54) is 10.5 Å². The summed E-state index contributed by atoms with van der Waals surface area (Å²) >= 11 is 13.5. The average molecular weight is 269 g/mol. The van der Waals surface area contributed by atoms with Crippen LogP contribution in [0.4, 0.5) is 0 Å². The molecule has 2 aromatic rings. The first-order chi connectivity index (χ1) is 7.74. The Balaban J connectivity index is 1.99.